The highest BCUT2D eigenvalue weighted by molar-refractivity contribution is 7.92. The number of amides is 2. The van der Waals surface area contributed by atoms with Crippen LogP contribution in [0.3, 0.4) is 0 Å². The van der Waals surface area contributed by atoms with E-state index in [4.69, 9.17) is 46.4 Å². The highest BCUT2D eigenvalue weighted by Crippen LogP contribution is 2.31. The Morgan fingerprint density at radius 3 is 2.02 bits per heavy atom. The fraction of sp³-hybridized carbons (Fsp3) is 0.310. The fourth-order valence-corrected chi connectivity index (χ4v) is 6.62. The van der Waals surface area contributed by atoms with Crippen molar-refractivity contribution in [2.24, 2.45) is 0 Å². The van der Waals surface area contributed by atoms with Crippen LogP contribution in [0, 0.1) is 6.92 Å². The average Bonchev–Trinajstić information content (AvgIpc) is 2.91. The summed E-state index contributed by atoms with van der Waals surface area (Å²) in [6, 6.07) is 14.5. The molecule has 3 rings (SSSR count). The number of carbonyl (C=O) groups is 2. The van der Waals surface area contributed by atoms with Crippen LogP contribution in [0.15, 0.2) is 65.6 Å². The fourth-order valence-electron chi connectivity index (χ4n) is 4.19. The van der Waals surface area contributed by atoms with Crippen LogP contribution in [0.2, 0.25) is 20.1 Å². The second-order valence-corrected chi connectivity index (χ2v) is 12.9. The standard InChI is InChI=1S/C29H31Cl4N3O4S/c1-4-13-34-29(38)27(5-2)35(17-24-25(32)7-6-8-26(24)33)28(37)18-36(22-15-20(30)14-21(31)16-22)41(39,40)23-11-9-19(3)10-12-23/h6-12,14-16,27H,4-5,13,17-18H2,1-3H3,(H,34,38). The van der Waals surface area contributed by atoms with E-state index in [-0.39, 0.29) is 39.5 Å². The van der Waals surface area contributed by atoms with Crippen molar-refractivity contribution in [3.63, 3.8) is 0 Å². The Kier molecular flexibility index (Phi) is 11.8. The molecular formula is C29H31Cl4N3O4S. The lowest BCUT2D eigenvalue weighted by Gasteiger charge is -2.33. The van der Waals surface area contributed by atoms with Gasteiger partial charge in [-0.15, -0.1) is 0 Å². The molecule has 1 unspecified atom stereocenters. The minimum absolute atomic E-state index is 0.0274. The third kappa shape index (κ3) is 8.30. The number of hydrogen-bond donors (Lipinski definition) is 1. The summed E-state index contributed by atoms with van der Waals surface area (Å²) in [4.78, 5) is 28.6. The summed E-state index contributed by atoms with van der Waals surface area (Å²) in [5.74, 6) is -1.02. The molecule has 0 saturated heterocycles. The van der Waals surface area contributed by atoms with Crippen LogP contribution < -0.4 is 9.62 Å². The third-order valence-electron chi connectivity index (χ3n) is 6.35. The van der Waals surface area contributed by atoms with Crippen LogP contribution in [0.1, 0.15) is 37.8 Å². The molecule has 0 radical (unpaired) electrons. The molecule has 1 N–H and O–H groups in total. The summed E-state index contributed by atoms with van der Waals surface area (Å²) >= 11 is 25.3. The highest BCUT2D eigenvalue weighted by Gasteiger charge is 2.34. The first-order valence-electron chi connectivity index (χ1n) is 12.9. The molecule has 3 aromatic carbocycles. The smallest absolute Gasteiger partial charge is 0.264 e. The van der Waals surface area contributed by atoms with Gasteiger partial charge in [0.25, 0.3) is 10.0 Å². The maximum Gasteiger partial charge on any atom is 0.264 e. The van der Waals surface area contributed by atoms with Gasteiger partial charge in [-0.2, -0.15) is 0 Å². The number of halogens is 4. The minimum Gasteiger partial charge on any atom is -0.354 e. The first-order chi connectivity index (χ1) is 19.4. The van der Waals surface area contributed by atoms with E-state index < -0.39 is 28.5 Å². The number of benzene rings is 3. The van der Waals surface area contributed by atoms with Crippen LogP contribution >= 0.6 is 46.4 Å². The molecule has 0 aromatic heterocycles. The van der Waals surface area contributed by atoms with E-state index in [0.717, 1.165) is 9.87 Å². The van der Waals surface area contributed by atoms with Crippen molar-refractivity contribution in [1.29, 1.82) is 0 Å². The van der Waals surface area contributed by atoms with Gasteiger partial charge in [0.1, 0.15) is 12.6 Å². The summed E-state index contributed by atoms with van der Waals surface area (Å²) in [7, 11) is -4.27. The van der Waals surface area contributed by atoms with Gasteiger partial charge in [-0.25, -0.2) is 8.42 Å². The largest absolute Gasteiger partial charge is 0.354 e. The van der Waals surface area contributed by atoms with Gasteiger partial charge >= 0.3 is 0 Å². The lowest BCUT2D eigenvalue weighted by atomic mass is 10.1. The van der Waals surface area contributed by atoms with Crippen molar-refractivity contribution in [1.82, 2.24) is 10.2 Å². The predicted molar refractivity (Wildman–Crippen MR) is 167 cm³/mol. The number of sulfonamides is 1. The van der Waals surface area contributed by atoms with Gasteiger partial charge in [0.15, 0.2) is 0 Å². The van der Waals surface area contributed by atoms with Gasteiger partial charge in [0, 0.05) is 38.7 Å². The molecule has 3 aromatic rings. The average molecular weight is 659 g/mol. The zero-order valence-electron chi connectivity index (χ0n) is 22.8. The molecule has 7 nitrogen and oxygen atoms in total. The Bertz CT molecular complexity index is 1460. The van der Waals surface area contributed by atoms with Crippen molar-refractivity contribution in [2.45, 2.75) is 51.1 Å². The van der Waals surface area contributed by atoms with E-state index in [0.29, 0.717) is 28.6 Å². The molecule has 1 atom stereocenters. The maximum absolute atomic E-state index is 14.1. The number of carbonyl (C=O) groups excluding carboxylic acids is 2. The summed E-state index contributed by atoms with van der Waals surface area (Å²) in [6.45, 7) is 5.16. The Morgan fingerprint density at radius 2 is 1.49 bits per heavy atom. The molecule has 2 amide bonds. The van der Waals surface area contributed by atoms with E-state index in [2.05, 4.69) is 5.32 Å². The second kappa shape index (κ2) is 14.6. The van der Waals surface area contributed by atoms with Crippen LogP contribution in [0.4, 0.5) is 5.69 Å². The molecule has 0 heterocycles. The lowest BCUT2D eigenvalue weighted by Crippen LogP contribution is -2.52. The van der Waals surface area contributed by atoms with Crippen molar-refractivity contribution in [3.05, 3.63) is 91.9 Å². The number of hydrogen-bond acceptors (Lipinski definition) is 4. The SMILES string of the molecule is CCCNC(=O)C(CC)N(Cc1c(Cl)cccc1Cl)C(=O)CN(c1cc(Cl)cc(Cl)c1)S(=O)(=O)c1ccc(C)cc1. The number of nitrogens with zero attached hydrogens (tertiary/aromatic N) is 2. The van der Waals surface area contributed by atoms with E-state index in [9.17, 15) is 18.0 Å². The Labute approximate surface area is 261 Å². The van der Waals surface area contributed by atoms with Crippen LogP contribution in [-0.2, 0) is 26.2 Å². The van der Waals surface area contributed by atoms with Gasteiger partial charge in [0.2, 0.25) is 11.8 Å². The summed E-state index contributed by atoms with van der Waals surface area (Å²) in [5.41, 5.74) is 1.39. The topological polar surface area (TPSA) is 86.8 Å². The van der Waals surface area contributed by atoms with Crippen molar-refractivity contribution < 1.29 is 18.0 Å². The summed E-state index contributed by atoms with van der Waals surface area (Å²) < 4.78 is 28.8. The molecule has 0 saturated carbocycles. The first kappa shape index (κ1) is 33.0. The second-order valence-electron chi connectivity index (χ2n) is 9.39. The van der Waals surface area contributed by atoms with Crippen molar-refractivity contribution in [2.75, 3.05) is 17.4 Å². The van der Waals surface area contributed by atoms with Gasteiger partial charge in [-0.3, -0.25) is 13.9 Å². The minimum atomic E-state index is -4.27. The molecule has 0 aliphatic heterocycles. The molecule has 0 aliphatic rings. The monoisotopic (exact) mass is 657 g/mol. The Morgan fingerprint density at radius 1 is 0.902 bits per heavy atom. The normalized spacial score (nSPS) is 12.1. The van der Waals surface area contributed by atoms with Crippen molar-refractivity contribution in [3.8, 4) is 0 Å². The van der Waals surface area contributed by atoms with Gasteiger partial charge in [-0.1, -0.05) is 84.0 Å². The molecule has 41 heavy (non-hydrogen) atoms. The number of anilines is 1. The molecular weight excluding hydrogens is 628 g/mol. The molecule has 0 bridgehead atoms. The van der Waals surface area contributed by atoms with Gasteiger partial charge in [0.05, 0.1) is 10.6 Å². The van der Waals surface area contributed by atoms with Crippen LogP contribution in [0.25, 0.3) is 0 Å². The van der Waals surface area contributed by atoms with Crippen LogP contribution in [0.5, 0.6) is 0 Å². The molecule has 0 aliphatic carbocycles. The molecule has 12 heteroatoms. The summed E-state index contributed by atoms with van der Waals surface area (Å²) in [6.07, 6.45) is 0.960. The van der Waals surface area contributed by atoms with Gasteiger partial charge in [-0.05, 0) is 62.2 Å². The van der Waals surface area contributed by atoms with Crippen LogP contribution in [-0.4, -0.2) is 44.3 Å². The first-order valence-corrected chi connectivity index (χ1v) is 15.9. The Balaban J connectivity index is 2.12. The van der Waals surface area contributed by atoms with E-state index >= 15 is 0 Å². The number of rotatable bonds is 12. The van der Waals surface area contributed by atoms with Crippen molar-refractivity contribution >= 4 is 73.9 Å². The quantitative estimate of drug-likeness (QED) is 0.224. The number of nitrogens with one attached hydrogen (secondary N) is 1. The van der Waals surface area contributed by atoms with E-state index in [1.807, 2.05) is 13.8 Å². The van der Waals surface area contributed by atoms with E-state index in [1.165, 1.54) is 35.2 Å². The van der Waals surface area contributed by atoms with Gasteiger partial charge < -0.3 is 10.2 Å². The third-order valence-corrected chi connectivity index (χ3v) is 9.28. The number of aryl methyl sites for hydroxylation is 1. The zero-order valence-corrected chi connectivity index (χ0v) is 26.7. The lowest BCUT2D eigenvalue weighted by molar-refractivity contribution is -0.140. The molecule has 220 valence electrons. The highest BCUT2D eigenvalue weighted by atomic mass is 35.5. The van der Waals surface area contributed by atoms with E-state index in [1.54, 1.807) is 37.3 Å². The zero-order chi connectivity index (χ0) is 30.3. The summed E-state index contributed by atoms with van der Waals surface area (Å²) in [5, 5.41) is 3.83. The maximum atomic E-state index is 14.1. The molecule has 0 fully saturated rings. The predicted octanol–water partition coefficient (Wildman–Crippen LogP) is 7.14. The molecule has 0 spiro atoms. The Hall–Kier alpha value is -2.49.